The van der Waals surface area contributed by atoms with Gasteiger partial charge >= 0.3 is 0 Å². The van der Waals surface area contributed by atoms with Crippen LogP contribution in [-0.4, -0.2) is 41.4 Å². The molecular formula is C19H22N2OS. The van der Waals surface area contributed by atoms with Crippen molar-refractivity contribution in [3.8, 4) is 0 Å². The third-order valence-electron chi connectivity index (χ3n) is 5.10. The van der Waals surface area contributed by atoms with E-state index in [4.69, 9.17) is 0 Å². The van der Waals surface area contributed by atoms with Crippen LogP contribution in [0.15, 0.2) is 41.8 Å². The molecule has 0 radical (unpaired) electrons. The summed E-state index contributed by atoms with van der Waals surface area (Å²) in [5, 5.41) is 2.04. The van der Waals surface area contributed by atoms with Crippen LogP contribution in [0.4, 0.5) is 0 Å². The number of benzene rings is 1. The molecule has 0 N–H and O–H groups in total. The molecule has 1 atom stereocenters. The SMILES string of the molecule is O=C(Cc1cccs1)N1CCC(N2CCc3ccccc3C2)C1. The summed E-state index contributed by atoms with van der Waals surface area (Å²) in [6.07, 6.45) is 2.81. The summed E-state index contributed by atoms with van der Waals surface area (Å²) in [6.45, 7) is 3.96. The van der Waals surface area contributed by atoms with Crippen molar-refractivity contribution in [2.45, 2.75) is 31.8 Å². The minimum atomic E-state index is 0.285. The Morgan fingerprint density at radius 2 is 2.00 bits per heavy atom. The number of amides is 1. The van der Waals surface area contributed by atoms with E-state index in [1.807, 2.05) is 11.4 Å². The molecule has 120 valence electrons. The van der Waals surface area contributed by atoms with Crippen LogP contribution in [0.1, 0.15) is 22.4 Å². The monoisotopic (exact) mass is 326 g/mol. The first-order chi connectivity index (χ1) is 11.3. The van der Waals surface area contributed by atoms with E-state index in [0.29, 0.717) is 12.5 Å². The van der Waals surface area contributed by atoms with Crippen molar-refractivity contribution in [2.24, 2.45) is 0 Å². The lowest BCUT2D eigenvalue weighted by atomic mass is 9.98. The van der Waals surface area contributed by atoms with E-state index in [2.05, 4.69) is 40.1 Å². The minimum Gasteiger partial charge on any atom is -0.341 e. The molecule has 0 bridgehead atoms. The summed E-state index contributed by atoms with van der Waals surface area (Å²) in [6, 6.07) is 13.4. The topological polar surface area (TPSA) is 23.6 Å². The highest BCUT2D eigenvalue weighted by Gasteiger charge is 2.31. The standard InChI is InChI=1S/C19H22N2OS/c22-19(12-18-6-3-11-23-18)21-10-8-17(14-21)20-9-7-15-4-1-2-5-16(15)13-20/h1-6,11,17H,7-10,12-14H2. The highest BCUT2D eigenvalue weighted by atomic mass is 32.1. The molecule has 2 aliphatic heterocycles. The number of hydrogen-bond acceptors (Lipinski definition) is 3. The summed E-state index contributed by atoms with van der Waals surface area (Å²) in [5.74, 6) is 0.285. The lowest BCUT2D eigenvalue weighted by Gasteiger charge is -2.33. The second-order valence-electron chi connectivity index (χ2n) is 6.53. The number of likely N-dealkylation sites (tertiary alicyclic amines) is 1. The van der Waals surface area contributed by atoms with Gasteiger partial charge in [-0.15, -0.1) is 11.3 Å². The van der Waals surface area contributed by atoms with Crippen LogP contribution < -0.4 is 0 Å². The zero-order chi connectivity index (χ0) is 15.6. The average molecular weight is 326 g/mol. The average Bonchev–Trinajstić information content (AvgIpc) is 3.26. The summed E-state index contributed by atoms with van der Waals surface area (Å²) < 4.78 is 0. The number of fused-ring (bicyclic) bond motifs is 1. The van der Waals surface area contributed by atoms with Gasteiger partial charge in [0.1, 0.15) is 0 Å². The van der Waals surface area contributed by atoms with Gasteiger partial charge in [0, 0.05) is 37.1 Å². The maximum Gasteiger partial charge on any atom is 0.227 e. The van der Waals surface area contributed by atoms with Gasteiger partial charge in [-0.1, -0.05) is 30.3 Å². The van der Waals surface area contributed by atoms with Gasteiger partial charge in [0.15, 0.2) is 0 Å². The van der Waals surface area contributed by atoms with Crippen LogP contribution in [-0.2, 0) is 24.2 Å². The Hall–Kier alpha value is -1.65. The zero-order valence-corrected chi connectivity index (χ0v) is 14.1. The smallest absolute Gasteiger partial charge is 0.227 e. The summed E-state index contributed by atoms with van der Waals surface area (Å²) in [4.78, 5) is 18.3. The lowest BCUT2D eigenvalue weighted by molar-refractivity contribution is -0.129. The summed E-state index contributed by atoms with van der Waals surface area (Å²) in [5.41, 5.74) is 2.95. The Kier molecular flexibility index (Phi) is 4.19. The van der Waals surface area contributed by atoms with Crippen LogP contribution in [0, 0.1) is 0 Å². The first-order valence-corrected chi connectivity index (χ1v) is 9.28. The number of rotatable bonds is 3. The molecule has 4 heteroatoms. The molecule has 23 heavy (non-hydrogen) atoms. The summed E-state index contributed by atoms with van der Waals surface area (Å²) >= 11 is 1.67. The largest absolute Gasteiger partial charge is 0.341 e. The molecule has 0 aliphatic carbocycles. The van der Waals surface area contributed by atoms with Crippen LogP contribution in [0.25, 0.3) is 0 Å². The second-order valence-corrected chi connectivity index (χ2v) is 7.56. The highest BCUT2D eigenvalue weighted by molar-refractivity contribution is 7.10. The molecule has 0 spiro atoms. The quantitative estimate of drug-likeness (QED) is 0.866. The lowest BCUT2D eigenvalue weighted by Crippen LogP contribution is -2.41. The minimum absolute atomic E-state index is 0.285. The molecule has 3 heterocycles. The normalized spacial score (nSPS) is 21.4. The van der Waals surface area contributed by atoms with Crippen molar-refractivity contribution in [1.29, 1.82) is 0 Å². The van der Waals surface area contributed by atoms with E-state index in [9.17, 15) is 4.79 Å². The van der Waals surface area contributed by atoms with Crippen LogP contribution >= 0.6 is 11.3 Å². The van der Waals surface area contributed by atoms with Crippen LogP contribution in [0.3, 0.4) is 0 Å². The van der Waals surface area contributed by atoms with E-state index in [1.54, 1.807) is 11.3 Å². The Bertz CT molecular complexity index is 682. The van der Waals surface area contributed by atoms with Crippen molar-refractivity contribution in [3.05, 3.63) is 57.8 Å². The third kappa shape index (κ3) is 3.19. The number of nitrogens with zero attached hydrogens (tertiary/aromatic N) is 2. The number of hydrogen-bond donors (Lipinski definition) is 0. The van der Waals surface area contributed by atoms with Gasteiger partial charge < -0.3 is 4.90 Å². The molecule has 1 saturated heterocycles. The Balaban J connectivity index is 1.36. The highest BCUT2D eigenvalue weighted by Crippen LogP contribution is 2.25. The third-order valence-corrected chi connectivity index (χ3v) is 5.97. The van der Waals surface area contributed by atoms with E-state index < -0.39 is 0 Å². The van der Waals surface area contributed by atoms with E-state index in [1.165, 1.54) is 16.0 Å². The summed E-state index contributed by atoms with van der Waals surface area (Å²) in [7, 11) is 0. The van der Waals surface area contributed by atoms with Gasteiger partial charge in [0.2, 0.25) is 5.91 Å². The van der Waals surface area contributed by atoms with E-state index in [-0.39, 0.29) is 5.91 Å². The molecular weight excluding hydrogens is 304 g/mol. The maximum atomic E-state index is 12.5. The van der Waals surface area contributed by atoms with Gasteiger partial charge in [-0.2, -0.15) is 0 Å². The molecule has 1 amide bonds. The van der Waals surface area contributed by atoms with Crippen LogP contribution in [0.2, 0.25) is 0 Å². The molecule has 3 nitrogen and oxygen atoms in total. The fraction of sp³-hybridized carbons (Fsp3) is 0.421. The van der Waals surface area contributed by atoms with Gasteiger partial charge in [-0.3, -0.25) is 9.69 Å². The molecule has 1 aromatic carbocycles. The second kappa shape index (κ2) is 6.46. The van der Waals surface area contributed by atoms with E-state index >= 15 is 0 Å². The fourth-order valence-electron chi connectivity index (χ4n) is 3.77. The number of thiophene rings is 1. The molecule has 4 rings (SSSR count). The van der Waals surface area contributed by atoms with Gasteiger partial charge in [0.05, 0.1) is 6.42 Å². The van der Waals surface area contributed by atoms with Crippen LogP contribution in [0.5, 0.6) is 0 Å². The molecule has 1 fully saturated rings. The first-order valence-electron chi connectivity index (χ1n) is 8.40. The molecule has 2 aliphatic rings. The van der Waals surface area contributed by atoms with Crippen molar-refractivity contribution in [3.63, 3.8) is 0 Å². The predicted molar refractivity (Wildman–Crippen MR) is 93.6 cm³/mol. The van der Waals surface area contributed by atoms with Gasteiger partial charge in [-0.05, 0) is 35.4 Å². The number of carbonyl (C=O) groups is 1. The Morgan fingerprint density at radius 3 is 2.83 bits per heavy atom. The van der Waals surface area contributed by atoms with Crippen molar-refractivity contribution in [2.75, 3.05) is 19.6 Å². The maximum absolute atomic E-state index is 12.5. The first kappa shape index (κ1) is 14.9. The molecule has 1 unspecified atom stereocenters. The predicted octanol–water partition coefficient (Wildman–Crippen LogP) is 2.95. The van der Waals surface area contributed by atoms with Crippen molar-refractivity contribution < 1.29 is 4.79 Å². The fourth-order valence-corrected chi connectivity index (χ4v) is 4.47. The zero-order valence-electron chi connectivity index (χ0n) is 13.3. The van der Waals surface area contributed by atoms with Gasteiger partial charge in [0.25, 0.3) is 0 Å². The molecule has 1 aromatic heterocycles. The van der Waals surface area contributed by atoms with Gasteiger partial charge in [-0.25, -0.2) is 0 Å². The molecule has 2 aromatic rings. The van der Waals surface area contributed by atoms with E-state index in [0.717, 1.165) is 39.0 Å². The van der Waals surface area contributed by atoms with Crippen molar-refractivity contribution in [1.82, 2.24) is 9.80 Å². The Labute approximate surface area is 141 Å². The van der Waals surface area contributed by atoms with Crippen molar-refractivity contribution >= 4 is 17.2 Å². The number of carbonyl (C=O) groups excluding carboxylic acids is 1. The Morgan fingerprint density at radius 1 is 1.13 bits per heavy atom. The molecule has 0 saturated carbocycles.